The molecule has 1 aliphatic rings. The van der Waals surface area contributed by atoms with Crippen LogP contribution in [0.15, 0.2) is 29.2 Å². The molecule has 32 heavy (non-hydrogen) atoms. The number of pyridine rings is 1. The van der Waals surface area contributed by atoms with Gasteiger partial charge in [0.25, 0.3) is 16.0 Å². The highest BCUT2D eigenvalue weighted by molar-refractivity contribution is 7.86. The van der Waals surface area contributed by atoms with E-state index < -0.39 is 10.1 Å². The Kier molecular flexibility index (Phi) is 7.16. The summed E-state index contributed by atoms with van der Waals surface area (Å²) in [6.07, 6.45) is 1.03. The smallest absolute Gasteiger partial charge is 0.296 e. The van der Waals surface area contributed by atoms with Crippen molar-refractivity contribution in [3.8, 4) is 11.9 Å². The van der Waals surface area contributed by atoms with Crippen LogP contribution in [0.25, 0.3) is 0 Å². The van der Waals surface area contributed by atoms with Crippen molar-refractivity contribution in [2.75, 3.05) is 13.2 Å². The van der Waals surface area contributed by atoms with E-state index in [0.717, 1.165) is 22.3 Å². The number of rotatable bonds is 8. The van der Waals surface area contributed by atoms with Crippen LogP contribution < -0.4 is 10.1 Å². The lowest BCUT2D eigenvalue weighted by Crippen LogP contribution is -2.34. The van der Waals surface area contributed by atoms with Crippen molar-refractivity contribution in [3.63, 3.8) is 0 Å². The molecule has 0 saturated carbocycles. The Morgan fingerprint density at radius 3 is 2.50 bits per heavy atom. The number of hydrogen-bond donors (Lipinski definition) is 1. The van der Waals surface area contributed by atoms with E-state index in [9.17, 15) is 18.5 Å². The van der Waals surface area contributed by atoms with Crippen LogP contribution >= 0.6 is 0 Å². The van der Waals surface area contributed by atoms with Crippen LogP contribution in [-0.4, -0.2) is 38.6 Å². The maximum absolute atomic E-state index is 12.5. The first-order chi connectivity index (χ1) is 15.1. The normalized spacial score (nSPS) is 15.3. The van der Waals surface area contributed by atoms with E-state index in [-0.39, 0.29) is 47.6 Å². The van der Waals surface area contributed by atoms with E-state index in [1.54, 1.807) is 12.1 Å². The molecule has 1 heterocycles. The number of benzene rings is 1. The second-order valence-corrected chi connectivity index (χ2v) is 9.91. The number of amides is 1. The Bertz CT molecular complexity index is 1150. The summed E-state index contributed by atoms with van der Waals surface area (Å²) >= 11 is 0. The fraction of sp³-hybridized carbons (Fsp3) is 0.435. The molecule has 1 atom stereocenters. The third-order valence-corrected chi connectivity index (χ3v) is 6.58. The minimum atomic E-state index is -3.86. The number of nitriles is 1. The number of nitrogens with zero attached hydrogens (tertiary/aromatic N) is 2. The lowest BCUT2D eigenvalue weighted by Gasteiger charge is -2.13. The van der Waals surface area contributed by atoms with Crippen molar-refractivity contribution in [1.82, 2.24) is 10.3 Å². The summed E-state index contributed by atoms with van der Waals surface area (Å²) in [4.78, 5) is 16.3. The minimum absolute atomic E-state index is 0.00217. The van der Waals surface area contributed by atoms with Crippen molar-refractivity contribution >= 4 is 16.0 Å². The van der Waals surface area contributed by atoms with Crippen molar-refractivity contribution in [1.29, 1.82) is 5.26 Å². The van der Waals surface area contributed by atoms with E-state index in [0.29, 0.717) is 12.8 Å². The third kappa shape index (κ3) is 5.44. The summed E-state index contributed by atoms with van der Waals surface area (Å²) in [7, 11) is -3.86. The summed E-state index contributed by atoms with van der Waals surface area (Å²) < 4.78 is 35.9. The van der Waals surface area contributed by atoms with Crippen molar-refractivity contribution in [2.24, 2.45) is 5.92 Å². The van der Waals surface area contributed by atoms with Gasteiger partial charge in [0, 0.05) is 11.6 Å². The van der Waals surface area contributed by atoms with Crippen molar-refractivity contribution in [3.05, 3.63) is 52.2 Å². The largest absolute Gasteiger partial charge is 0.467 e. The Morgan fingerprint density at radius 2 is 1.88 bits per heavy atom. The molecule has 0 radical (unpaired) electrons. The molecule has 0 bridgehead atoms. The Labute approximate surface area is 188 Å². The van der Waals surface area contributed by atoms with Crippen LogP contribution in [-0.2, 0) is 31.9 Å². The molecule has 0 saturated heterocycles. The minimum Gasteiger partial charge on any atom is -0.467 e. The van der Waals surface area contributed by atoms with Gasteiger partial charge in [0.05, 0.1) is 11.5 Å². The lowest BCUT2D eigenvalue weighted by molar-refractivity contribution is -0.123. The van der Waals surface area contributed by atoms with Gasteiger partial charge in [-0.15, -0.1) is 0 Å². The van der Waals surface area contributed by atoms with Crippen molar-refractivity contribution < 1.29 is 22.1 Å². The highest BCUT2D eigenvalue weighted by Crippen LogP contribution is 2.35. The average Bonchev–Trinajstić information content (AvgIpc) is 3.17. The molecule has 0 aliphatic heterocycles. The van der Waals surface area contributed by atoms with Gasteiger partial charge in [0.2, 0.25) is 5.88 Å². The Balaban J connectivity index is 1.71. The maximum atomic E-state index is 12.5. The molecule has 1 amide bonds. The topological polar surface area (TPSA) is 118 Å². The first-order valence-electron chi connectivity index (χ1n) is 10.4. The van der Waals surface area contributed by atoms with Crippen LogP contribution in [0.1, 0.15) is 41.8 Å². The molecule has 3 rings (SSSR count). The maximum Gasteiger partial charge on any atom is 0.296 e. The second kappa shape index (κ2) is 9.67. The van der Waals surface area contributed by atoms with Gasteiger partial charge in [0.1, 0.15) is 11.8 Å². The number of ether oxygens (including phenoxy) is 1. The Morgan fingerprint density at radius 1 is 1.22 bits per heavy atom. The van der Waals surface area contributed by atoms with Crippen LogP contribution in [0, 0.1) is 31.1 Å². The molecule has 8 nitrogen and oxygen atoms in total. The van der Waals surface area contributed by atoms with E-state index in [1.165, 1.54) is 12.1 Å². The average molecular weight is 458 g/mol. The molecule has 0 fully saturated rings. The fourth-order valence-electron chi connectivity index (χ4n) is 3.70. The lowest BCUT2D eigenvalue weighted by atomic mass is 10.0. The molecule has 1 unspecified atom stereocenters. The number of carbonyl (C=O) groups is 1. The fourth-order valence-corrected chi connectivity index (χ4v) is 4.68. The summed E-state index contributed by atoms with van der Waals surface area (Å²) in [5.74, 6) is -0.141. The van der Waals surface area contributed by atoms with Crippen LogP contribution in [0.3, 0.4) is 0 Å². The van der Waals surface area contributed by atoms with Gasteiger partial charge in [-0.1, -0.05) is 17.7 Å². The molecule has 9 heteroatoms. The number of hydrogen-bond acceptors (Lipinski definition) is 7. The first-order valence-corrected chi connectivity index (χ1v) is 11.8. The summed E-state index contributed by atoms with van der Waals surface area (Å²) in [5, 5.41) is 12.3. The number of fused-ring (bicyclic) bond motifs is 1. The molecule has 0 spiro atoms. The van der Waals surface area contributed by atoms with E-state index in [2.05, 4.69) is 16.4 Å². The summed E-state index contributed by atoms with van der Waals surface area (Å²) in [6, 6.07) is 8.57. The van der Waals surface area contributed by atoms with Gasteiger partial charge < -0.3 is 10.1 Å². The number of nitrogens with one attached hydrogen (secondary N) is 1. The first kappa shape index (κ1) is 23.7. The second-order valence-electron chi connectivity index (χ2n) is 8.30. The monoisotopic (exact) mass is 457 g/mol. The molecule has 1 aliphatic carbocycles. The number of aromatic nitrogens is 1. The van der Waals surface area contributed by atoms with Gasteiger partial charge in [-0.2, -0.15) is 13.7 Å². The molecular formula is C23H27N3O5S. The zero-order valence-electron chi connectivity index (χ0n) is 18.6. The number of aryl methyl sites for hydroxylation is 1. The molecule has 1 aromatic carbocycles. The third-order valence-electron chi connectivity index (χ3n) is 5.29. The highest BCUT2D eigenvalue weighted by atomic mass is 32.2. The molecule has 2 aromatic rings. The van der Waals surface area contributed by atoms with Gasteiger partial charge in [-0.3, -0.25) is 8.98 Å². The summed E-state index contributed by atoms with van der Waals surface area (Å²) in [5.41, 5.74) is 3.62. The van der Waals surface area contributed by atoms with Crippen LogP contribution in [0.5, 0.6) is 5.88 Å². The van der Waals surface area contributed by atoms with E-state index in [1.807, 2.05) is 27.7 Å². The predicted octanol–water partition coefficient (Wildman–Crippen LogP) is 2.59. The zero-order valence-corrected chi connectivity index (χ0v) is 19.5. The molecule has 1 N–H and O–H groups in total. The van der Waals surface area contributed by atoms with E-state index in [4.69, 9.17) is 8.92 Å². The SMILES string of the molecule is Cc1ccc(S(=O)(=O)OCC2Cc3c(C#N)nc(OCC(=O)NC(C)C)c(C)c3C2)cc1. The van der Waals surface area contributed by atoms with Gasteiger partial charge in [-0.05, 0) is 69.7 Å². The van der Waals surface area contributed by atoms with Crippen LogP contribution in [0.2, 0.25) is 0 Å². The summed E-state index contributed by atoms with van der Waals surface area (Å²) in [6.45, 7) is 7.22. The van der Waals surface area contributed by atoms with Crippen LogP contribution in [0.4, 0.5) is 0 Å². The molecule has 170 valence electrons. The van der Waals surface area contributed by atoms with Crippen molar-refractivity contribution in [2.45, 2.75) is 51.5 Å². The quantitative estimate of drug-likeness (QED) is 0.605. The predicted molar refractivity (Wildman–Crippen MR) is 118 cm³/mol. The number of carbonyl (C=O) groups excluding carboxylic acids is 1. The standard InChI is InChI=1S/C23H27N3O5S/c1-14(2)25-22(27)13-30-23-16(4)19-9-17(10-20(19)21(11-24)26-23)12-31-32(28,29)18-7-5-15(3)6-8-18/h5-8,14,17H,9-10,12-13H2,1-4H3,(H,25,27). The zero-order chi connectivity index (χ0) is 23.5. The van der Waals surface area contributed by atoms with Gasteiger partial charge >= 0.3 is 0 Å². The van der Waals surface area contributed by atoms with Gasteiger partial charge in [-0.25, -0.2) is 4.98 Å². The Hall–Kier alpha value is -2.96. The van der Waals surface area contributed by atoms with Gasteiger partial charge in [0.15, 0.2) is 6.61 Å². The van der Waals surface area contributed by atoms with E-state index >= 15 is 0 Å². The molecule has 1 aromatic heterocycles. The highest BCUT2D eigenvalue weighted by Gasteiger charge is 2.30. The molecular weight excluding hydrogens is 430 g/mol.